The van der Waals surface area contributed by atoms with Crippen molar-refractivity contribution in [2.24, 2.45) is 0 Å². The molecular weight excluding hydrogens is 249 g/mol. The molecule has 0 radical (unpaired) electrons. The summed E-state index contributed by atoms with van der Waals surface area (Å²) in [5.74, 6) is 0. The summed E-state index contributed by atoms with van der Waals surface area (Å²) in [4.78, 5) is 10.7. The first-order valence-corrected chi connectivity index (χ1v) is 5.80. The van der Waals surface area contributed by atoms with Crippen LogP contribution in [-0.2, 0) is 6.18 Å². The number of thioether (sulfide) groups is 1. The molecule has 0 unspecified atom stereocenters. The summed E-state index contributed by atoms with van der Waals surface area (Å²) in [6.07, 6.45) is -3.85. The number of halogens is 3. The van der Waals surface area contributed by atoms with Gasteiger partial charge in [0.2, 0.25) is 0 Å². The van der Waals surface area contributed by atoms with Gasteiger partial charge in [0, 0.05) is 15.2 Å². The zero-order valence-electron chi connectivity index (χ0n) is 9.76. The van der Waals surface area contributed by atoms with E-state index in [0.717, 1.165) is 17.8 Å². The lowest BCUT2D eigenvalue weighted by molar-refractivity contribution is -0.139. The molecule has 0 fully saturated rings. The Labute approximate surface area is 102 Å². The molecule has 94 valence electrons. The second-order valence-electron chi connectivity index (χ2n) is 4.59. The second-order valence-corrected chi connectivity index (χ2v) is 6.45. The summed E-state index contributed by atoms with van der Waals surface area (Å²) in [5.41, 5.74) is -0.437. The van der Waals surface area contributed by atoms with Gasteiger partial charge in [-0.3, -0.25) is 4.79 Å². The number of aldehydes is 1. The molecular formula is C12H13F3OS. The molecule has 0 aliphatic carbocycles. The molecule has 0 aliphatic rings. The number of rotatable bonds is 2. The smallest absolute Gasteiger partial charge is 0.298 e. The average Bonchev–Trinajstić information content (AvgIpc) is 2.13. The molecule has 0 atom stereocenters. The minimum absolute atomic E-state index is 0.0922. The van der Waals surface area contributed by atoms with Gasteiger partial charge in [0.1, 0.15) is 6.29 Å². The molecule has 1 aromatic carbocycles. The van der Waals surface area contributed by atoms with Gasteiger partial charge in [0.25, 0.3) is 0 Å². The normalized spacial score (nSPS) is 12.6. The lowest BCUT2D eigenvalue weighted by Crippen LogP contribution is -2.12. The molecule has 0 saturated carbocycles. The van der Waals surface area contributed by atoms with Crippen LogP contribution in [0.15, 0.2) is 23.1 Å². The average molecular weight is 262 g/mol. The summed E-state index contributed by atoms with van der Waals surface area (Å²) in [5, 5.41) is 0. The Morgan fingerprint density at radius 1 is 1.18 bits per heavy atom. The van der Waals surface area contributed by atoms with E-state index in [0.29, 0.717) is 6.29 Å². The number of carbonyl (C=O) groups excluding carboxylic acids is 1. The van der Waals surface area contributed by atoms with Crippen molar-refractivity contribution in [3.8, 4) is 0 Å². The van der Waals surface area contributed by atoms with Crippen LogP contribution in [0.25, 0.3) is 0 Å². The van der Waals surface area contributed by atoms with Gasteiger partial charge in [0.05, 0.1) is 5.56 Å². The van der Waals surface area contributed by atoms with Crippen molar-refractivity contribution in [3.63, 3.8) is 0 Å². The quantitative estimate of drug-likeness (QED) is 0.580. The third kappa shape index (κ3) is 4.07. The zero-order valence-corrected chi connectivity index (χ0v) is 10.6. The third-order valence-electron chi connectivity index (χ3n) is 1.86. The number of alkyl halides is 3. The van der Waals surface area contributed by atoms with E-state index in [4.69, 9.17) is 0 Å². The number of carbonyl (C=O) groups is 1. The first-order chi connectivity index (χ1) is 7.63. The Balaban J connectivity index is 3.26. The highest BCUT2D eigenvalue weighted by molar-refractivity contribution is 8.00. The molecule has 1 aromatic rings. The molecule has 0 heterocycles. The van der Waals surface area contributed by atoms with Crippen molar-refractivity contribution >= 4 is 18.0 Å². The standard InChI is InChI=1S/C12H13F3OS/c1-11(2,3)17-10-6-8(7-16)4-5-9(10)12(13,14)15/h4-7H,1-3H3. The zero-order chi connectivity index (χ0) is 13.3. The number of hydrogen-bond donors (Lipinski definition) is 0. The fraction of sp³-hybridized carbons (Fsp3) is 0.417. The fourth-order valence-corrected chi connectivity index (χ4v) is 2.41. The van der Waals surface area contributed by atoms with Crippen molar-refractivity contribution < 1.29 is 18.0 Å². The number of hydrogen-bond acceptors (Lipinski definition) is 2. The van der Waals surface area contributed by atoms with Crippen LogP contribution >= 0.6 is 11.8 Å². The van der Waals surface area contributed by atoms with E-state index in [1.165, 1.54) is 12.1 Å². The van der Waals surface area contributed by atoms with Crippen LogP contribution in [0.4, 0.5) is 13.2 Å². The molecule has 5 heteroatoms. The molecule has 0 aliphatic heterocycles. The summed E-state index contributed by atoms with van der Waals surface area (Å²) in [6.45, 7) is 5.47. The van der Waals surface area contributed by atoms with Gasteiger partial charge in [0.15, 0.2) is 0 Å². The molecule has 0 bridgehead atoms. The van der Waals surface area contributed by atoms with Gasteiger partial charge in [-0.15, -0.1) is 11.8 Å². The molecule has 0 spiro atoms. The van der Waals surface area contributed by atoms with Gasteiger partial charge < -0.3 is 0 Å². The van der Waals surface area contributed by atoms with E-state index in [9.17, 15) is 18.0 Å². The molecule has 1 nitrogen and oxygen atoms in total. The van der Waals surface area contributed by atoms with E-state index in [2.05, 4.69) is 0 Å². The highest BCUT2D eigenvalue weighted by Gasteiger charge is 2.34. The second kappa shape index (κ2) is 4.72. The maximum absolute atomic E-state index is 12.8. The predicted octanol–water partition coefficient (Wildman–Crippen LogP) is 4.41. The van der Waals surface area contributed by atoms with Crippen LogP contribution < -0.4 is 0 Å². The van der Waals surface area contributed by atoms with Crippen LogP contribution in [0.1, 0.15) is 36.7 Å². The Bertz CT molecular complexity index is 419. The topological polar surface area (TPSA) is 17.1 Å². The van der Waals surface area contributed by atoms with Crippen LogP contribution in [0.3, 0.4) is 0 Å². The van der Waals surface area contributed by atoms with E-state index in [1.54, 1.807) is 0 Å². The van der Waals surface area contributed by atoms with E-state index in [-0.39, 0.29) is 15.2 Å². The summed E-state index contributed by atoms with van der Waals surface area (Å²) in [6, 6.07) is 3.42. The molecule has 0 saturated heterocycles. The van der Waals surface area contributed by atoms with Crippen LogP contribution in [0, 0.1) is 0 Å². The van der Waals surface area contributed by atoms with E-state index >= 15 is 0 Å². The highest BCUT2D eigenvalue weighted by Crippen LogP contribution is 2.41. The van der Waals surface area contributed by atoms with E-state index in [1.807, 2.05) is 20.8 Å². The van der Waals surface area contributed by atoms with Gasteiger partial charge in [-0.1, -0.05) is 26.8 Å². The van der Waals surface area contributed by atoms with Crippen molar-refractivity contribution in [1.82, 2.24) is 0 Å². The minimum Gasteiger partial charge on any atom is -0.298 e. The van der Waals surface area contributed by atoms with Crippen LogP contribution in [0.5, 0.6) is 0 Å². The molecule has 0 amide bonds. The van der Waals surface area contributed by atoms with Crippen molar-refractivity contribution in [3.05, 3.63) is 29.3 Å². The molecule has 1 rings (SSSR count). The maximum atomic E-state index is 12.8. The van der Waals surface area contributed by atoms with Gasteiger partial charge in [-0.25, -0.2) is 0 Å². The van der Waals surface area contributed by atoms with Crippen molar-refractivity contribution in [1.29, 1.82) is 0 Å². The minimum atomic E-state index is -4.39. The Kier molecular flexibility index (Phi) is 3.91. The van der Waals surface area contributed by atoms with E-state index < -0.39 is 11.7 Å². The SMILES string of the molecule is CC(C)(C)Sc1cc(C=O)ccc1C(F)(F)F. The Hall–Kier alpha value is -0.970. The Morgan fingerprint density at radius 2 is 1.76 bits per heavy atom. The monoisotopic (exact) mass is 262 g/mol. The Morgan fingerprint density at radius 3 is 2.18 bits per heavy atom. The van der Waals surface area contributed by atoms with Gasteiger partial charge in [-0.2, -0.15) is 13.2 Å². The van der Waals surface area contributed by atoms with Crippen molar-refractivity contribution in [2.75, 3.05) is 0 Å². The lowest BCUT2D eigenvalue weighted by atomic mass is 10.1. The molecule has 0 N–H and O–H groups in total. The maximum Gasteiger partial charge on any atom is 0.417 e. The van der Waals surface area contributed by atoms with Gasteiger partial charge in [-0.05, 0) is 12.1 Å². The van der Waals surface area contributed by atoms with Crippen LogP contribution in [-0.4, -0.2) is 11.0 Å². The fourth-order valence-electron chi connectivity index (χ4n) is 1.26. The number of benzene rings is 1. The first-order valence-electron chi connectivity index (χ1n) is 4.99. The summed E-state index contributed by atoms with van der Waals surface area (Å²) in [7, 11) is 0. The first kappa shape index (κ1) is 14.1. The van der Waals surface area contributed by atoms with Gasteiger partial charge >= 0.3 is 6.18 Å². The highest BCUT2D eigenvalue weighted by atomic mass is 32.2. The lowest BCUT2D eigenvalue weighted by Gasteiger charge is -2.21. The molecule has 0 aromatic heterocycles. The molecule has 17 heavy (non-hydrogen) atoms. The summed E-state index contributed by atoms with van der Waals surface area (Å²) >= 11 is 1.10. The largest absolute Gasteiger partial charge is 0.417 e. The third-order valence-corrected chi connectivity index (χ3v) is 3.03. The van der Waals surface area contributed by atoms with Crippen molar-refractivity contribution in [2.45, 2.75) is 36.6 Å². The van der Waals surface area contributed by atoms with Crippen LogP contribution in [0.2, 0.25) is 0 Å². The predicted molar refractivity (Wildman–Crippen MR) is 62.4 cm³/mol. The summed E-state index contributed by atoms with van der Waals surface area (Å²) < 4.78 is 37.9.